The molecule has 2 aromatic rings. The van der Waals surface area contributed by atoms with Gasteiger partial charge < -0.3 is 10.6 Å². The number of nitrogens with one attached hydrogen (secondary N) is 2. The van der Waals surface area contributed by atoms with Gasteiger partial charge in [-0.25, -0.2) is 0 Å². The van der Waals surface area contributed by atoms with Crippen molar-refractivity contribution in [3.05, 3.63) is 46.1 Å². The van der Waals surface area contributed by atoms with Crippen molar-refractivity contribution in [1.29, 1.82) is 0 Å². The molecule has 1 amide bonds. The predicted octanol–water partition coefficient (Wildman–Crippen LogP) is 4.30. The van der Waals surface area contributed by atoms with Crippen LogP contribution in [0.3, 0.4) is 0 Å². The molecule has 0 aliphatic heterocycles. The molecule has 0 saturated carbocycles. The minimum atomic E-state index is -0.231. The van der Waals surface area contributed by atoms with Crippen LogP contribution in [0.15, 0.2) is 30.3 Å². The van der Waals surface area contributed by atoms with Gasteiger partial charge in [0.1, 0.15) is 0 Å². The lowest BCUT2D eigenvalue weighted by Gasteiger charge is -2.09. The number of hydrogen-bond donors (Lipinski definition) is 2. The third-order valence-corrected chi connectivity index (χ3v) is 3.94. The van der Waals surface area contributed by atoms with E-state index in [1.807, 2.05) is 0 Å². The summed E-state index contributed by atoms with van der Waals surface area (Å²) in [6.45, 7) is 4.83. The van der Waals surface area contributed by atoms with E-state index in [1.165, 1.54) is 0 Å². The fourth-order valence-corrected chi connectivity index (χ4v) is 2.17. The number of anilines is 2. The SMILES string of the molecule is CC(C)CCNC(=O)c1ccc(Nc2cccc(Cl)c2Cl)nn1. The molecule has 23 heavy (non-hydrogen) atoms. The van der Waals surface area contributed by atoms with Gasteiger partial charge in [-0.1, -0.05) is 43.1 Å². The van der Waals surface area contributed by atoms with Crippen LogP contribution in [0.4, 0.5) is 11.5 Å². The Balaban J connectivity index is 1.99. The fourth-order valence-electron chi connectivity index (χ4n) is 1.82. The zero-order valence-electron chi connectivity index (χ0n) is 12.9. The maximum absolute atomic E-state index is 11.9. The molecular weight excluding hydrogens is 335 g/mol. The topological polar surface area (TPSA) is 66.9 Å². The largest absolute Gasteiger partial charge is 0.351 e. The van der Waals surface area contributed by atoms with E-state index < -0.39 is 0 Å². The van der Waals surface area contributed by atoms with E-state index in [9.17, 15) is 4.79 Å². The van der Waals surface area contributed by atoms with Crippen molar-refractivity contribution in [2.45, 2.75) is 20.3 Å². The van der Waals surface area contributed by atoms with Gasteiger partial charge in [0.05, 0.1) is 15.7 Å². The van der Waals surface area contributed by atoms with Gasteiger partial charge >= 0.3 is 0 Å². The number of carbonyl (C=O) groups excluding carboxylic acids is 1. The minimum absolute atomic E-state index is 0.231. The van der Waals surface area contributed by atoms with E-state index in [1.54, 1.807) is 30.3 Å². The fraction of sp³-hybridized carbons (Fsp3) is 0.312. The Morgan fingerprint density at radius 2 is 1.96 bits per heavy atom. The van der Waals surface area contributed by atoms with Crippen molar-refractivity contribution in [2.75, 3.05) is 11.9 Å². The molecule has 7 heteroatoms. The molecule has 1 aromatic heterocycles. The van der Waals surface area contributed by atoms with E-state index in [4.69, 9.17) is 23.2 Å². The van der Waals surface area contributed by atoms with Gasteiger partial charge in [-0.3, -0.25) is 4.79 Å². The number of amides is 1. The lowest BCUT2D eigenvalue weighted by molar-refractivity contribution is 0.0946. The quantitative estimate of drug-likeness (QED) is 0.812. The molecule has 1 heterocycles. The molecule has 5 nitrogen and oxygen atoms in total. The van der Waals surface area contributed by atoms with E-state index in [0.717, 1.165) is 6.42 Å². The van der Waals surface area contributed by atoms with Gasteiger partial charge in [0.15, 0.2) is 11.5 Å². The smallest absolute Gasteiger partial charge is 0.271 e. The molecule has 0 bridgehead atoms. The minimum Gasteiger partial charge on any atom is -0.351 e. The van der Waals surface area contributed by atoms with E-state index >= 15 is 0 Å². The van der Waals surface area contributed by atoms with Gasteiger partial charge in [0, 0.05) is 6.54 Å². The highest BCUT2D eigenvalue weighted by Gasteiger charge is 2.09. The molecule has 0 saturated heterocycles. The van der Waals surface area contributed by atoms with Crippen molar-refractivity contribution >= 4 is 40.6 Å². The zero-order chi connectivity index (χ0) is 16.8. The number of nitrogens with zero attached hydrogens (tertiary/aromatic N) is 2. The number of hydrogen-bond acceptors (Lipinski definition) is 4. The highest BCUT2D eigenvalue weighted by Crippen LogP contribution is 2.31. The Labute approximate surface area is 145 Å². The van der Waals surface area contributed by atoms with Gasteiger partial charge in [-0.2, -0.15) is 0 Å². The molecule has 122 valence electrons. The maximum Gasteiger partial charge on any atom is 0.271 e. The monoisotopic (exact) mass is 352 g/mol. The summed E-state index contributed by atoms with van der Waals surface area (Å²) in [4.78, 5) is 11.9. The van der Waals surface area contributed by atoms with Crippen LogP contribution in [-0.4, -0.2) is 22.6 Å². The first-order valence-electron chi connectivity index (χ1n) is 7.30. The molecule has 0 spiro atoms. The Morgan fingerprint density at radius 3 is 2.61 bits per heavy atom. The van der Waals surface area contributed by atoms with Crippen LogP contribution in [0, 0.1) is 5.92 Å². The van der Waals surface area contributed by atoms with Gasteiger partial charge in [0.2, 0.25) is 0 Å². The molecular formula is C16H18Cl2N4O. The van der Waals surface area contributed by atoms with Gasteiger partial charge in [-0.15, -0.1) is 10.2 Å². The van der Waals surface area contributed by atoms with E-state index in [-0.39, 0.29) is 11.6 Å². The molecule has 0 aliphatic rings. The second-order valence-corrected chi connectivity index (χ2v) is 6.25. The van der Waals surface area contributed by atoms with Crippen molar-refractivity contribution in [3.8, 4) is 0 Å². The summed E-state index contributed by atoms with van der Waals surface area (Å²) in [6, 6.07) is 8.54. The van der Waals surface area contributed by atoms with Crippen molar-refractivity contribution in [2.24, 2.45) is 5.92 Å². The van der Waals surface area contributed by atoms with Crippen LogP contribution in [0.1, 0.15) is 30.8 Å². The lowest BCUT2D eigenvalue weighted by atomic mass is 10.1. The Kier molecular flexibility index (Phi) is 6.19. The molecule has 0 unspecified atom stereocenters. The summed E-state index contributed by atoms with van der Waals surface area (Å²) in [5, 5.41) is 14.6. The molecule has 0 fully saturated rings. The Morgan fingerprint density at radius 1 is 1.17 bits per heavy atom. The first-order chi connectivity index (χ1) is 11.0. The van der Waals surface area contributed by atoms with Gasteiger partial charge in [0.25, 0.3) is 5.91 Å². The van der Waals surface area contributed by atoms with Crippen LogP contribution in [0.5, 0.6) is 0 Å². The van der Waals surface area contributed by atoms with Crippen LogP contribution in [0.25, 0.3) is 0 Å². The third kappa shape index (κ3) is 5.08. The number of aromatic nitrogens is 2. The van der Waals surface area contributed by atoms with Crippen molar-refractivity contribution in [1.82, 2.24) is 15.5 Å². The third-order valence-electron chi connectivity index (χ3n) is 3.12. The molecule has 2 N–H and O–H groups in total. The van der Waals surface area contributed by atoms with Crippen LogP contribution < -0.4 is 10.6 Å². The van der Waals surface area contributed by atoms with Crippen LogP contribution in [0.2, 0.25) is 10.0 Å². The summed E-state index contributed by atoms with van der Waals surface area (Å²) >= 11 is 12.1. The number of benzene rings is 1. The van der Waals surface area contributed by atoms with Crippen molar-refractivity contribution in [3.63, 3.8) is 0 Å². The van der Waals surface area contributed by atoms with E-state index in [2.05, 4.69) is 34.7 Å². The van der Waals surface area contributed by atoms with Gasteiger partial charge in [-0.05, 0) is 36.6 Å². The zero-order valence-corrected chi connectivity index (χ0v) is 14.4. The molecule has 0 radical (unpaired) electrons. The summed E-state index contributed by atoms with van der Waals surface area (Å²) in [5.41, 5.74) is 0.902. The number of carbonyl (C=O) groups is 1. The molecule has 0 atom stereocenters. The lowest BCUT2D eigenvalue weighted by Crippen LogP contribution is -2.26. The highest BCUT2D eigenvalue weighted by atomic mass is 35.5. The summed E-state index contributed by atoms with van der Waals surface area (Å²) in [7, 11) is 0. The van der Waals surface area contributed by atoms with E-state index in [0.29, 0.717) is 34.0 Å². The first-order valence-corrected chi connectivity index (χ1v) is 8.06. The van der Waals surface area contributed by atoms with Crippen molar-refractivity contribution < 1.29 is 4.79 Å². The summed E-state index contributed by atoms with van der Waals surface area (Å²) in [5.74, 6) is 0.786. The average Bonchev–Trinajstić information content (AvgIpc) is 2.52. The standard InChI is InChI=1S/C16H18Cl2N4O/c1-10(2)8-9-19-16(23)13-6-7-14(22-21-13)20-12-5-3-4-11(17)15(12)18/h3-7,10H,8-9H2,1-2H3,(H,19,23)(H,20,22). The normalized spacial score (nSPS) is 10.7. The number of halogens is 2. The average molecular weight is 353 g/mol. The second-order valence-electron chi connectivity index (χ2n) is 5.47. The maximum atomic E-state index is 11.9. The Hall–Kier alpha value is -1.85. The first kappa shape index (κ1) is 17.5. The Bertz CT molecular complexity index is 674. The summed E-state index contributed by atoms with van der Waals surface area (Å²) < 4.78 is 0. The predicted molar refractivity (Wildman–Crippen MR) is 93.6 cm³/mol. The molecule has 0 aliphatic carbocycles. The molecule has 2 rings (SSSR count). The highest BCUT2D eigenvalue weighted by molar-refractivity contribution is 6.43. The van der Waals surface area contributed by atoms with Crippen LogP contribution in [-0.2, 0) is 0 Å². The second kappa shape index (κ2) is 8.13. The van der Waals surface area contributed by atoms with Crippen LogP contribution >= 0.6 is 23.2 Å². The number of rotatable bonds is 6. The molecule has 1 aromatic carbocycles. The summed E-state index contributed by atoms with van der Waals surface area (Å²) in [6.07, 6.45) is 0.923.